The second-order valence-electron chi connectivity index (χ2n) is 9.88. The number of ether oxygens (including phenoxy) is 1. The molecule has 6 nitrogen and oxygen atoms in total. The van der Waals surface area contributed by atoms with E-state index in [-0.39, 0.29) is 29.6 Å². The molecule has 0 bridgehead atoms. The van der Waals surface area contributed by atoms with Crippen molar-refractivity contribution in [3.05, 3.63) is 65.2 Å². The van der Waals surface area contributed by atoms with Crippen LogP contribution in [0.15, 0.2) is 48.5 Å². The van der Waals surface area contributed by atoms with Crippen LogP contribution in [0.4, 0.5) is 18.0 Å². The number of fused-ring (bicyclic) bond motifs is 1. The highest BCUT2D eigenvalue weighted by Gasteiger charge is 2.55. The van der Waals surface area contributed by atoms with Crippen LogP contribution in [0.3, 0.4) is 0 Å². The minimum Gasteiger partial charge on any atom is -0.406 e. The fourth-order valence-electron chi connectivity index (χ4n) is 5.73. The molecule has 0 saturated carbocycles. The molecule has 2 heterocycles. The molecular formula is C26H28F3N3O3. The number of hydrogen-bond donors (Lipinski definition) is 1. The quantitative estimate of drug-likeness (QED) is 0.640. The lowest BCUT2D eigenvalue weighted by molar-refractivity contribution is -0.274. The molecule has 3 aliphatic rings. The molecule has 9 heteroatoms. The van der Waals surface area contributed by atoms with Gasteiger partial charge >= 0.3 is 12.4 Å². The maximum atomic E-state index is 13.5. The average Bonchev–Trinajstić information content (AvgIpc) is 3.32. The fraction of sp³-hybridized carbons (Fsp3) is 0.462. The van der Waals surface area contributed by atoms with Gasteiger partial charge in [0.2, 0.25) is 0 Å². The maximum absolute atomic E-state index is 13.5. The predicted molar refractivity (Wildman–Crippen MR) is 123 cm³/mol. The lowest BCUT2D eigenvalue weighted by atomic mass is 9.78. The zero-order valence-corrected chi connectivity index (χ0v) is 19.5. The first-order valence-corrected chi connectivity index (χ1v) is 11.9. The molecule has 2 fully saturated rings. The number of imide groups is 1. The summed E-state index contributed by atoms with van der Waals surface area (Å²) < 4.78 is 41.0. The van der Waals surface area contributed by atoms with Crippen LogP contribution in [0.25, 0.3) is 0 Å². The van der Waals surface area contributed by atoms with E-state index in [4.69, 9.17) is 0 Å². The molecule has 3 amide bonds. The Balaban J connectivity index is 1.18. The summed E-state index contributed by atoms with van der Waals surface area (Å²) in [4.78, 5) is 30.1. The Morgan fingerprint density at radius 3 is 2.17 bits per heavy atom. The molecule has 5 rings (SSSR count). The Hall–Kier alpha value is -3.07. The van der Waals surface area contributed by atoms with Crippen molar-refractivity contribution in [3.63, 3.8) is 0 Å². The third-order valence-corrected chi connectivity index (χ3v) is 7.61. The standard InChI is InChI=1S/C26H28F3N3O3/c1-25(23(33)32(24(34)30-25)21-14-18-4-2-3-5-19(18)15-21)20-10-12-31(13-11-20)16-17-6-8-22(9-7-17)35-26(27,28)29/h2-9,20-21H,10-16H2,1H3,(H,30,34). The number of urea groups is 1. The highest BCUT2D eigenvalue weighted by atomic mass is 19.4. The molecule has 0 aromatic heterocycles. The van der Waals surface area contributed by atoms with Gasteiger partial charge in [-0.2, -0.15) is 0 Å². The summed E-state index contributed by atoms with van der Waals surface area (Å²) in [5.74, 6) is -0.358. The molecule has 0 radical (unpaired) electrons. The summed E-state index contributed by atoms with van der Waals surface area (Å²) in [6.07, 6.45) is -1.83. The Bertz CT molecular complexity index is 1090. The van der Waals surface area contributed by atoms with Crippen molar-refractivity contribution >= 4 is 11.9 Å². The molecule has 0 spiro atoms. The number of amides is 3. The van der Waals surface area contributed by atoms with Gasteiger partial charge in [0.1, 0.15) is 11.3 Å². The van der Waals surface area contributed by atoms with E-state index in [1.54, 1.807) is 12.1 Å². The zero-order valence-electron chi connectivity index (χ0n) is 19.5. The fourth-order valence-corrected chi connectivity index (χ4v) is 5.73. The van der Waals surface area contributed by atoms with E-state index < -0.39 is 11.9 Å². The third kappa shape index (κ3) is 4.74. The Labute approximate surface area is 202 Å². The number of hydrogen-bond acceptors (Lipinski definition) is 4. The maximum Gasteiger partial charge on any atom is 0.573 e. The van der Waals surface area contributed by atoms with Crippen LogP contribution in [0, 0.1) is 5.92 Å². The number of carbonyl (C=O) groups excluding carboxylic acids is 2. The van der Waals surface area contributed by atoms with E-state index in [2.05, 4.69) is 27.1 Å². The van der Waals surface area contributed by atoms with Crippen molar-refractivity contribution in [2.75, 3.05) is 13.1 Å². The highest BCUT2D eigenvalue weighted by molar-refractivity contribution is 6.07. The van der Waals surface area contributed by atoms with Crippen LogP contribution in [-0.4, -0.2) is 52.8 Å². The van der Waals surface area contributed by atoms with Crippen molar-refractivity contribution in [2.24, 2.45) is 5.92 Å². The van der Waals surface area contributed by atoms with Crippen LogP contribution in [0.5, 0.6) is 5.75 Å². The third-order valence-electron chi connectivity index (χ3n) is 7.61. The Morgan fingerprint density at radius 2 is 1.60 bits per heavy atom. The molecule has 2 saturated heterocycles. The van der Waals surface area contributed by atoms with E-state index in [1.807, 2.05) is 19.1 Å². The van der Waals surface area contributed by atoms with Crippen molar-refractivity contribution in [2.45, 2.75) is 57.1 Å². The lowest BCUT2D eigenvalue weighted by Gasteiger charge is -2.39. The van der Waals surface area contributed by atoms with Gasteiger partial charge in [-0.25, -0.2) is 4.79 Å². The Morgan fingerprint density at radius 1 is 1.00 bits per heavy atom. The van der Waals surface area contributed by atoms with Crippen molar-refractivity contribution < 1.29 is 27.5 Å². The van der Waals surface area contributed by atoms with E-state index in [9.17, 15) is 22.8 Å². The van der Waals surface area contributed by atoms with Crippen LogP contribution in [0.2, 0.25) is 0 Å². The average molecular weight is 488 g/mol. The second kappa shape index (κ2) is 8.86. The molecular weight excluding hydrogens is 459 g/mol. The van der Waals surface area contributed by atoms with Crippen LogP contribution in [-0.2, 0) is 24.2 Å². The van der Waals surface area contributed by atoms with Gasteiger partial charge in [0.05, 0.1) is 0 Å². The summed E-state index contributed by atoms with van der Waals surface area (Å²) >= 11 is 0. The summed E-state index contributed by atoms with van der Waals surface area (Å²) in [7, 11) is 0. The molecule has 186 valence electrons. The minimum absolute atomic E-state index is 0.0199. The predicted octanol–water partition coefficient (Wildman–Crippen LogP) is 4.28. The van der Waals surface area contributed by atoms with Crippen LogP contribution < -0.4 is 10.1 Å². The van der Waals surface area contributed by atoms with Gasteiger partial charge in [-0.05, 0) is 80.4 Å². The number of halogens is 3. The molecule has 1 unspecified atom stereocenters. The number of carbonyl (C=O) groups is 2. The van der Waals surface area contributed by atoms with Crippen molar-refractivity contribution in [1.29, 1.82) is 0 Å². The SMILES string of the molecule is CC1(C2CCN(Cc3ccc(OC(F)(F)F)cc3)CC2)NC(=O)N(C2Cc3ccccc3C2)C1=O. The monoisotopic (exact) mass is 487 g/mol. The van der Waals surface area contributed by atoms with Gasteiger partial charge in [-0.3, -0.25) is 14.6 Å². The number of nitrogens with zero attached hydrogens (tertiary/aromatic N) is 2. The number of piperidine rings is 1. The van der Waals surface area contributed by atoms with Gasteiger partial charge in [0, 0.05) is 12.6 Å². The molecule has 2 aromatic rings. The van der Waals surface area contributed by atoms with E-state index >= 15 is 0 Å². The molecule has 2 aliphatic heterocycles. The Kier molecular flexibility index (Phi) is 5.99. The van der Waals surface area contributed by atoms with Gasteiger partial charge in [-0.1, -0.05) is 36.4 Å². The van der Waals surface area contributed by atoms with E-state index in [0.29, 0.717) is 19.4 Å². The molecule has 1 N–H and O–H groups in total. The summed E-state index contributed by atoms with van der Waals surface area (Å²) in [6.45, 7) is 3.91. The summed E-state index contributed by atoms with van der Waals surface area (Å²) in [6, 6.07) is 13.5. The number of likely N-dealkylation sites (tertiary alicyclic amines) is 1. The van der Waals surface area contributed by atoms with Crippen LogP contribution in [0.1, 0.15) is 36.5 Å². The largest absolute Gasteiger partial charge is 0.573 e. The second-order valence-corrected chi connectivity index (χ2v) is 9.88. The highest BCUT2D eigenvalue weighted by Crippen LogP contribution is 2.37. The van der Waals surface area contributed by atoms with Gasteiger partial charge in [-0.15, -0.1) is 13.2 Å². The first-order valence-electron chi connectivity index (χ1n) is 11.9. The normalized spacial score (nSPS) is 24.1. The van der Waals surface area contributed by atoms with Crippen molar-refractivity contribution in [1.82, 2.24) is 15.1 Å². The van der Waals surface area contributed by atoms with Gasteiger partial charge in [0.15, 0.2) is 0 Å². The topological polar surface area (TPSA) is 61.9 Å². The minimum atomic E-state index is -4.70. The van der Waals surface area contributed by atoms with Gasteiger partial charge < -0.3 is 10.1 Å². The summed E-state index contributed by atoms with van der Waals surface area (Å²) in [5.41, 5.74) is 2.35. The van der Waals surface area contributed by atoms with E-state index in [1.165, 1.54) is 28.2 Å². The summed E-state index contributed by atoms with van der Waals surface area (Å²) in [5, 5.41) is 3.01. The van der Waals surface area contributed by atoms with Crippen LogP contribution >= 0.6 is 0 Å². The number of benzene rings is 2. The van der Waals surface area contributed by atoms with E-state index in [0.717, 1.165) is 31.5 Å². The first kappa shape index (κ1) is 23.7. The lowest BCUT2D eigenvalue weighted by Crippen LogP contribution is -2.54. The molecule has 1 aliphatic carbocycles. The number of nitrogens with one attached hydrogen (secondary N) is 1. The molecule has 35 heavy (non-hydrogen) atoms. The van der Waals surface area contributed by atoms with Gasteiger partial charge in [0.25, 0.3) is 5.91 Å². The first-order chi connectivity index (χ1) is 16.6. The van der Waals surface area contributed by atoms with Crippen molar-refractivity contribution in [3.8, 4) is 5.75 Å². The number of alkyl halides is 3. The molecule has 1 atom stereocenters. The molecule has 2 aromatic carbocycles. The number of rotatable bonds is 5. The zero-order chi connectivity index (χ0) is 24.8. The smallest absolute Gasteiger partial charge is 0.406 e.